The van der Waals surface area contributed by atoms with E-state index in [1.54, 1.807) is 20.3 Å². The van der Waals surface area contributed by atoms with E-state index in [9.17, 15) is 4.79 Å². The molecule has 1 aromatic carbocycles. The molecule has 1 saturated carbocycles. The van der Waals surface area contributed by atoms with E-state index in [1.165, 1.54) is 19.3 Å². The second-order valence-corrected chi connectivity index (χ2v) is 7.26. The standard InChI is InChI=1S/C20H25N3O4/c1-25-15-8-9-16(17(11-15)26-2)20-21-19(22-27-20)13-10-18(24)23(12-13)14-6-4-3-5-7-14/h8-9,11,13-14H,3-7,10,12H2,1-2H3/t13-/m0/s1. The smallest absolute Gasteiger partial charge is 0.261 e. The largest absolute Gasteiger partial charge is 0.497 e. The zero-order valence-corrected chi connectivity index (χ0v) is 15.8. The van der Waals surface area contributed by atoms with E-state index in [4.69, 9.17) is 14.0 Å². The summed E-state index contributed by atoms with van der Waals surface area (Å²) in [4.78, 5) is 19.1. The van der Waals surface area contributed by atoms with Gasteiger partial charge in [-0.05, 0) is 25.0 Å². The first-order valence-corrected chi connectivity index (χ1v) is 9.55. The molecule has 1 atom stereocenters. The minimum atomic E-state index is -0.0128. The lowest BCUT2D eigenvalue weighted by molar-refractivity contribution is -0.130. The SMILES string of the molecule is COc1ccc(-c2nc([C@H]3CC(=O)N(C4CCCCC4)C3)no2)c(OC)c1. The molecule has 1 aliphatic heterocycles. The quantitative estimate of drug-likeness (QED) is 0.802. The summed E-state index contributed by atoms with van der Waals surface area (Å²) >= 11 is 0. The summed E-state index contributed by atoms with van der Waals surface area (Å²) in [6.45, 7) is 0.683. The number of carbonyl (C=O) groups excluding carboxylic acids is 1. The van der Waals surface area contributed by atoms with Crippen molar-refractivity contribution in [3.05, 3.63) is 24.0 Å². The molecule has 2 aliphatic rings. The van der Waals surface area contributed by atoms with E-state index >= 15 is 0 Å². The molecule has 0 spiro atoms. The van der Waals surface area contributed by atoms with Crippen LogP contribution < -0.4 is 9.47 Å². The maximum atomic E-state index is 12.5. The molecule has 1 aromatic heterocycles. The van der Waals surface area contributed by atoms with Crippen molar-refractivity contribution in [3.63, 3.8) is 0 Å². The van der Waals surface area contributed by atoms with Gasteiger partial charge in [0.1, 0.15) is 11.5 Å². The third-order valence-electron chi connectivity index (χ3n) is 5.62. The molecule has 1 amide bonds. The molecular weight excluding hydrogens is 346 g/mol. The lowest BCUT2D eigenvalue weighted by atomic mass is 9.94. The van der Waals surface area contributed by atoms with Crippen LogP contribution in [0.1, 0.15) is 50.3 Å². The normalized spacial score (nSPS) is 20.9. The molecule has 144 valence electrons. The Hall–Kier alpha value is -2.57. The van der Waals surface area contributed by atoms with Gasteiger partial charge in [-0.1, -0.05) is 24.4 Å². The monoisotopic (exact) mass is 371 g/mol. The minimum Gasteiger partial charge on any atom is -0.497 e. The number of benzene rings is 1. The fourth-order valence-electron chi connectivity index (χ4n) is 4.14. The second-order valence-electron chi connectivity index (χ2n) is 7.26. The number of aromatic nitrogens is 2. The number of carbonyl (C=O) groups is 1. The Kier molecular flexibility index (Phi) is 5.01. The molecule has 0 N–H and O–H groups in total. The number of amides is 1. The number of hydrogen-bond acceptors (Lipinski definition) is 6. The Bertz CT molecular complexity index is 813. The topological polar surface area (TPSA) is 77.7 Å². The van der Waals surface area contributed by atoms with Crippen LogP contribution >= 0.6 is 0 Å². The summed E-state index contributed by atoms with van der Waals surface area (Å²) in [7, 11) is 3.20. The maximum Gasteiger partial charge on any atom is 0.261 e. The van der Waals surface area contributed by atoms with Crippen molar-refractivity contribution >= 4 is 5.91 Å². The Morgan fingerprint density at radius 2 is 1.96 bits per heavy atom. The zero-order chi connectivity index (χ0) is 18.8. The molecule has 0 radical (unpaired) electrons. The molecule has 2 fully saturated rings. The van der Waals surface area contributed by atoms with Crippen molar-refractivity contribution in [1.82, 2.24) is 15.0 Å². The van der Waals surface area contributed by atoms with Gasteiger partial charge in [-0.3, -0.25) is 4.79 Å². The number of nitrogens with zero attached hydrogens (tertiary/aromatic N) is 3. The van der Waals surface area contributed by atoms with Crippen LogP contribution in [0.25, 0.3) is 11.5 Å². The molecule has 1 aliphatic carbocycles. The van der Waals surface area contributed by atoms with Crippen LogP contribution in [0.5, 0.6) is 11.5 Å². The number of methoxy groups -OCH3 is 2. The fraction of sp³-hybridized carbons (Fsp3) is 0.550. The molecule has 27 heavy (non-hydrogen) atoms. The molecule has 2 aromatic rings. The molecule has 7 heteroatoms. The molecule has 4 rings (SSSR count). The number of hydrogen-bond donors (Lipinski definition) is 0. The number of likely N-dealkylation sites (tertiary alicyclic amines) is 1. The summed E-state index contributed by atoms with van der Waals surface area (Å²) < 4.78 is 16.1. The second kappa shape index (κ2) is 7.58. The van der Waals surface area contributed by atoms with Gasteiger partial charge in [0.25, 0.3) is 5.89 Å². The summed E-state index contributed by atoms with van der Waals surface area (Å²) in [6.07, 6.45) is 6.37. The summed E-state index contributed by atoms with van der Waals surface area (Å²) in [5.41, 5.74) is 0.713. The van der Waals surface area contributed by atoms with Crippen molar-refractivity contribution < 1.29 is 18.8 Å². The number of rotatable bonds is 5. The highest BCUT2D eigenvalue weighted by Gasteiger charge is 2.37. The summed E-state index contributed by atoms with van der Waals surface area (Å²) in [5.74, 6) is 2.49. The van der Waals surface area contributed by atoms with Gasteiger partial charge in [-0.2, -0.15) is 4.98 Å². The Balaban J connectivity index is 1.52. The highest BCUT2D eigenvalue weighted by atomic mass is 16.5. The first kappa shape index (κ1) is 17.8. The van der Waals surface area contributed by atoms with E-state index in [0.717, 1.165) is 12.8 Å². The van der Waals surface area contributed by atoms with Crippen LogP contribution in [0.4, 0.5) is 0 Å². The highest BCUT2D eigenvalue weighted by molar-refractivity contribution is 5.80. The Morgan fingerprint density at radius 1 is 1.15 bits per heavy atom. The van der Waals surface area contributed by atoms with E-state index in [-0.39, 0.29) is 11.8 Å². The van der Waals surface area contributed by atoms with Crippen molar-refractivity contribution in [2.75, 3.05) is 20.8 Å². The van der Waals surface area contributed by atoms with Gasteiger partial charge >= 0.3 is 0 Å². The first-order chi connectivity index (χ1) is 13.2. The average Bonchev–Trinajstić information content (AvgIpc) is 3.35. The van der Waals surface area contributed by atoms with E-state index in [2.05, 4.69) is 10.1 Å². The van der Waals surface area contributed by atoms with Gasteiger partial charge in [-0.15, -0.1) is 0 Å². The maximum absolute atomic E-state index is 12.5. The highest BCUT2D eigenvalue weighted by Crippen LogP contribution is 2.35. The average molecular weight is 371 g/mol. The lowest BCUT2D eigenvalue weighted by Crippen LogP contribution is -2.37. The number of ether oxygens (including phenoxy) is 2. The third kappa shape index (κ3) is 3.50. The molecule has 7 nitrogen and oxygen atoms in total. The van der Waals surface area contributed by atoms with Crippen LogP contribution in [0.3, 0.4) is 0 Å². The summed E-state index contributed by atoms with van der Waals surface area (Å²) in [6, 6.07) is 5.82. The van der Waals surface area contributed by atoms with Gasteiger partial charge in [0, 0.05) is 31.0 Å². The van der Waals surface area contributed by atoms with Gasteiger partial charge in [0.15, 0.2) is 5.82 Å². The molecule has 0 unspecified atom stereocenters. The van der Waals surface area contributed by atoms with Gasteiger partial charge < -0.3 is 18.9 Å². The van der Waals surface area contributed by atoms with Crippen LogP contribution in [0.15, 0.2) is 22.7 Å². The summed E-state index contributed by atoms with van der Waals surface area (Å²) in [5, 5.41) is 4.15. The fourth-order valence-corrected chi connectivity index (χ4v) is 4.14. The predicted octanol–water partition coefficient (Wildman–Crippen LogP) is 3.40. The van der Waals surface area contributed by atoms with Crippen molar-refractivity contribution in [2.45, 2.75) is 50.5 Å². The zero-order valence-electron chi connectivity index (χ0n) is 15.8. The minimum absolute atomic E-state index is 0.0128. The van der Waals surface area contributed by atoms with Crippen LogP contribution in [0.2, 0.25) is 0 Å². The van der Waals surface area contributed by atoms with E-state index in [1.807, 2.05) is 17.0 Å². The van der Waals surface area contributed by atoms with Gasteiger partial charge in [0.2, 0.25) is 5.91 Å². The molecule has 0 bridgehead atoms. The van der Waals surface area contributed by atoms with Crippen LogP contribution in [-0.4, -0.2) is 47.8 Å². The third-order valence-corrected chi connectivity index (χ3v) is 5.62. The Morgan fingerprint density at radius 3 is 2.70 bits per heavy atom. The lowest BCUT2D eigenvalue weighted by Gasteiger charge is -2.31. The van der Waals surface area contributed by atoms with Gasteiger partial charge in [-0.25, -0.2) is 0 Å². The molecular formula is C20H25N3O4. The molecule has 2 heterocycles. The van der Waals surface area contributed by atoms with Crippen LogP contribution in [0, 0.1) is 0 Å². The predicted molar refractivity (Wildman–Crippen MR) is 98.8 cm³/mol. The van der Waals surface area contributed by atoms with E-state index < -0.39 is 0 Å². The van der Waals surface area contributed by atoms with Crippen LogP contribution in [-0.2, 0) is 4.79 Å². The first-order valence-electron chi connectivity index (χ1n) is 9.55. The van der Waals surface area contributed by atoms with Crippen molar-refractivity contribution in [3.8, 4) is 23.0 Å². The van der Waals surface area contributed by atoms with Crippen molar-refractivity contribution in [1.29, 1.82) is 0 Å². The van der Waals surface area contributed by atoms with Gasteiger partial charge in [0.05, 0.1) is 19.8 Å². The van der Waals surface area contributed by atoms with E-state index in [0.29, 0.717) is 47.8 Å². The Labute approximate surface area is 158 Å². The van der Waals surface area contributed by atoms with Crippen molar-refractivity contribution in [2.24, 2.45) is 0 Å². The molecule has 1 saturated heterocycles.